The van der Waals surface area contributed by atoms with Crippen LogP contribution in [0.15, 0.2) is 71.5 Å². The molecule has 8 heteroatoms. The highest BCUT2D eigenvalue weighted by Gasteiger charge is 2.19. The molecular formula is C22H21N5OS2. The van der Waals surface area contributed by atoms with Crippen molar-refractivity contribution in [2.45, 2.75) is 18.6 Å². The Morgan fingerprint density at radius 3 is 2.73 bits per heavy atom. The average molecular weight is 436 g/mol. The van der Waals surface area contributed by atoms with Crippen LogP contribution >= 0.6 is 23.1 Å². The summed E-state index contributed by atoms with van der Waals surface area (Å²) >= 11 is 3.05. The summed E-state index contributed by atoms with van der Waals surface area (Å²) < 4.78 is 2.00. The van der Waals surface area contributed by atoms with Gasteiger partial charge in [0.25, 0.3) is 0 Å². The van der Waals surface area contributed by atoms with Gasteiger partial charge in [0.2, 0.25) is 5.91 Å². The van der Waals surface area contributed by atoms with Gasteiger partial charge in [-0.05, 0) is 42.1 Å². The second kappa shape index (κ2) is 9.23. The van der Waals surface area contributed by atoms with Crippen LogP contribution in [0.1, 0.15) is 10.4 Å². The summed E-state index contributed by atoms with van der Waals surface area (Å²) in [7, 11) is 1.83. The minimum Gasteiger partial charge on any atom is -0.340 e. The predicted octanol–water partition coefficient (Wildman–Crippen LogP) is 4.45. The van der Waals surface area contributed by atoms with Gasteiger partial charge in [-0.2, -0.15) is 0 Å². The van der Waals surface area contributed by atoms with Gasteiger partial charge in [0.15, 0.2) is 11.0 Å². The first-order valence-corrected chi connectivity index (χ1v) is 11.3. The van der Waals surface area contributed by atoms with Crippen LogP contribution < -0.4 is 0 Å². The summed E-state index contributed by atoms with van der Waals surface area (Å²) in [5.74, 6) is 1.05. The molecule has 3 heterocycles. The van der Waals surface area contributed by atoms with Crippen LogP contribution in [0.5, 0.6) is 0 Å². The molecule has 1 amide bonds. The van der Waals surface area contributed by atoms with Crippen molar-refractivity contribution in [2.75, 3.05) is 12.8 Å². The zero-order valence-corrected chi connectivity index (χ0v) is 18.4. The molecule has 0 radical (unpaired) electrons. The monoisotopic (exact) mass is 435 g/mol. The van der Waals surface area contributed by atoms with Gasteiger partial charge in [-0.1, -0.05) is 36.0 Å². The maximum atomic E-state index is 12.7. The van der Waals surface area contributed by atoms with Crippen LogP contribution in [-0.2, 0) is 11.3 Å². The number of carbonyl (C=O) groups is 1. The fourth-order valence-corrected chi connectivity index (χ4v) is 4.68. The molecule has 0 atom stereocenters. The summed E-state index contributed by atoms with van der Waals surface area (Å²) in [6.07, 6.45) is 3.50. The molecule has 4 rings (SSSR count). The number of aromatic nitrogens is 4. The second-order valence-electron chi connectivity index (χ2n) is 6.79. The van der Waals surface area contributed by atoms with E-state index in [0.29, 0.717) is 23.3 Å². The maximum Gasteiger partial charge on any atom is 0.233 e. The van der Waals surface area contributed by atoms with Crippen LogP contribution in [-0.4, -0.2) is 43.4 Å². The second-order valence-corrected chi connectivity index (χ2v) is 8.76. The first-order chi connectivity index (χ1) is 14.6. The number of hydrogen-bond donors (Lipinski definition) is 0. The summed E-state index contributed by atoms with van der Waals surface area (Å²) in [4.78, 5) is 19.8. The lowest BCUT2D eigenvalue weighted by Crippen LogP contribution is -2.27. The van der Waals surface area contributed by atoms with Gasteiger partial charge >= 0.3 is 0 Å². The Morgan fingerprint density at radius 1 is 1.13 bits per heavy atom. The van der Waals surface area contributed by atoms with Gasteiger partial charge in [-0.25, -0.2) is 0 Å². The van der Waals surface area contributed by atoms with E-state index in [1.165, 1.54) is 11.8 Å². The van der Waals surface area contributed by atoms with Crippen LogP contribution in [0.25, 0.3) is 17.1 Å². The minimum absolute atomic E-state index is 0.0515. The van der Waals surface area contributed by atoms with Gasteiger partial charge in [-0.3, -0.25) is 14.3 Å². The lowest BCUT2D eigenvalue weighted by molar-refractivity contribution is -0.127. The van der Waals surface area contributed by atoms with E-state index < -0.39 is 0 Å². The molecule has 3 aromatic heterocycles. The van der Waals surface area contributed by atoms with Crippen molar-refractivity contribution in [3.8, 4) is 17.1 Å². The lowest BCUT2D eigenvalue weighted by Gasteiger charge is -2.16. The highest BCUT2D eigenvalue weighted by molar-refractivity contribution is 7.99. The van der Waals surface area contributed by atoms with Crippen molar-refractivity contribution < 1.29 is 4.79 Å². The number of hydrogen-bond acceptors (Lipinski definition) is 6. The number of para-hydroxylation sites is 1. The average Bonchev–Trinajstić information content (AvgIpc) is 3.43. The van der Waals surface area contributed by atoms with Gasteiger partial charge in [-0.15, -0.1) is 21.5 Å². The van der Waals surface area contributed by atoms with E-state index in [2.05, 4.69) is 28.2 Å². The quantitative estimate of drug-likeness (QED) is 0.401. The highest BCUT2D eigenvalue weighted by Crippen LogP contribution is 2.29. The van der Waals surface area contributed by atoms with Gasteiger partial charge < -0.3 is 4.90 Å². The third-order valence-corrected chi connectivity index (χ3v) is 6.41. The number of pyridine rings is 1. The first-order valence-electron chi connectivity index (χ1n) is 9.44. The number of thioether (sulfide) groups is 1. The summed E-state index contributed by atoms with van der Waals surface area (Å²) in [6, 6.07) is 16.0. The Morgan fingerprint density at radius 2 is 2.00 bits per heavy atom. The SMILES string of the molecule is Cc1ccccc1-n1c(SCC(=O)N(C)Cc2cccs2)nnc1-c1cccnc1. The molecule has 0 bridgehead atoms. The van der Waals surface area contributed by atoms with Crippen molar-refractivity contribution in [1.82, 2.24) is 24.6 Å². The number of nitrogens with zero attached hydrogens (tertiary/aromatic N) is 5. The Hall–Kier alpha value is -2.97. The number of aryl methyl sites for hydroxylation is 1. The van der Waals surface area contributed by atoms with Crippen LogP contribution in [0.2, 0.25) is 0 Å². The molecule has 0 aliphatic heterocycles. The van der Waals surface area contributed by atoms with E-state index in [9.17, 15) is 4.79 Å². The molecule has 0 saturated heterocycles. The first kappa shape index (κ1) is 20.3. The normalized spacial score (nSPS) is 10.9. The van der Waals surface area contributed by atoms with Gasteiger partial charge in [0.1, 0.15) is 0 Å². The van der Waals surface area contributed by atoms with Crippen LogP contribution in [0.4, 0.5) is 0 Å². The topological polar surface area (TPSA) is 63.9 Å². The predicted molar refractivity (Wildman–Crippen MR) is 121 cm³/mol. The number of benzene rings is 1. The molecule has 4 aromatic rings. The Kier molecular flexibility index (Phi) is 6.25. The fraction of sp³-hybridized carbons (Fsp3) is 0.182. The van der Waals surface area contributed by atoms with Crippen molar-refractivity contribution in [3.05, 3.63) is 76.7 Å². The van der Waals surface area contributed by atoms with Crippen molar-refractivity contribution in [3.63, 3.8) is 0 Å². The molecule has 6 nitrogen and oxygen atoms in total. The molecule has 0 spiro atoms. The van der Waals surface area contributed by atoms with Crippen molar-refractivity contribution in [1.29, 1.82) is 0 Å². The number of thiophene rings is 1. The zero-order valence-electron chi connectivity index (χ0n) is 16.7. The summed E-state index contributed by atoms with van der Waals surface area (Å²) in [5.41, 5.74) is 2.97. The molecule has 0 N–H and O–H groups in total. The van der Waals surface area contributed by atoms with E-state index in [4.69, 9.17) is 0 Å². The smallest absolute Gasteiger partial charge is 0.233 e. The number of rotatable bonds is 7. The number of carbonyl (C=O) groups excluding carboxylic acids is 1. The molecule has 0 saturated carbocycles. The fourth-order valence-electron chi connectivity index (χ4n) is 3.04. The van der Waals surface area contributed by atoms with E-state index in [-0.39, 0.29) is 5.91 Å². The van der Waals surface area contributed by atoms with E-state index in [0.717, 1.165) is 21.7 Å². The zero-order chi connectivity index (χ0) is 20.9. The lowest BCUT2D eigenvalue weighted by atomic mass is 10.2. The third kappa shape index (κ3) is 4.44. The van der Waals surface area contributed by atoms with Crippen LogP contribution in [0.3, 0.4) is 0 Å². The molecule has 1 aromatic carbocycles. The molecule has 0 fully saturated rings. The van der Waals surface area contributed by atoms with Gasteiger partial charge in [0, 0.05) is 29.9 Å². The highest BCUT2D eigenvalue weighted by atomic mass is 32.2. The third-order valence-electron chi connectivity index (χ3n) is 4.63. The van der Waals surface area contributed by atoms with Crippen molar-refractivity contribution in [2.24, 2.45) is 0 Å². The van der Waals surface area contributed by atoms with E-state index in [1.807, 2.05) is 59.5 Å². The number of amides is 1. The maximum absolute atomic E-state index is 12.7. The Labute approximate surface area is 183 Å². The van der Waals surface area contributed by atoms with E-state index in [1.54, 1.807) is 28.6 Å². The van der Waals surface area contributed by atoms with Crippen LogP contribution in [0, 0.1) is 6.92 Å². The Bertz CT molecular complexity index is 1130. The minimum atomic E-state index is 0.0515. The standard InChI is InChI=1S/C22H21N5OS2/c1-16-7-3-4-10-19(16)27-21(17-8-5-11-23-13-17)24-25-22(27)30-15-20(28)26(2)14-18-9-6-12-29-18/h3-13H,14-15H2,1-2H3. The largest absolute Gasteiger partial charge is 0.340 e. The molecule has 0 aliphatic rings. The summed E-state index contributed by atoms with van der Waals surface area (Å²) in [5, 5.41) is 11.5. The molecule has 0 aliphatic carbocycles. The Balaban J connectivity index is 1.60. The van der Waals surface area contributed by atoms with Crippen molar-refractivity contribution >= 4 is 29.0 Å². The summed E-state index contributed by atoms with van der Waals surface area (Å²) in [6.45, 7) is 2.67. The van der Waals surface area contributed by atoms with Gasteiger partial charge in [0.05, 0.1) is 18.0 Å². The molecule has 0 unspecified atom stereocenters. The molecule has 152 valence electrons. The van der Waals surface area contributed by atoms with E-state index >= 15 is 0 Å². The molecule has 30 heavy (non-hydrogen) atoms. The molecular weight excluding hydrogens is 414 g/mol.